The molecule has 0 bridgehead atoms. The van der Waals surface area contributed by atoms with Gasteiger partial charge >= 0.3 is 35.8 Å². The van der Waals surface area contributed by atoms with Crippen molar-refractivity contribution in [1.29, 1.82) is 0 Å². The summed E-state index contributed by atoms with van der Waals surface area (Å²) in [5, 5.41) is 18.8. The summed E-state index contributed by atoms with van der Waals surface area (Å²) >= 11 is 0. The number of esters is 4. The van der Waals surface area contributed by atoms with E-state index in [1.165, 1.54) is 0 Å². The van der Waals surface area contributed by atoms with Crippen molar-refractivity contribution in [3.8, 4) is 0 Å². The van der Waals surface area contributed by atoms with Gasteiger partial charge in [0.1, 0.15) is 0 Å². The molecule has 4 atom stereocenters. The number of carbonyl (C=O) groups excluding carboxylic acids is 4. The van der Waals surface area contributed by atoms with Crippen LogP contribution in [-0.2, 0) is 47.7 Å². The predicted molar refractivity (Wildman–Crippen MR) is 179 cm³/mol. The fraction of sp³-hybridized carbons (Fsp3) is 0.833. The highest BCUT2D eigenvalue weighted by Gasteiger charge is 2.39. The minimum absolute atomic E-state index is 0.0754. The van der Waals surface area contributed by atoms with Crippen molar-refractivity contribution in [3.05, 3.63) is 0 Å². The van der Waals surface area contributed by atoms with Gasteiger partial charge in [0.2, 0.25) is 0 Å². The van der Waals surface area contributed by atoms with Crippen LogP contribution in [0.3, 0.4) is 0 Å². The maximum Gasteiger partial charge on any atom is 0.310 e. The topological polar surface area (TPSA) is 180 Å². The highest BCUT2D eigenvalue weighted by molar-refractivity contribution is 5.88. The fourth-order valence-electron chi connectivity index (χ4n) is 5.17. The number of carboxylic acids is 2. The number of hydrogen-bond donors (Lipinski definition) is 2. The van der Waals surface area contributed by atoms with Crippen molar-refractivity contribution in [2.45, 2.75) is 143 Å². The molecule has 0 saturated heterocycles. The molecule has 12 nitrogen and oxygen atoms in total. The minimum Gasteiger partial charge on any atom is -0.481 e. The lowest BCUT2D eigenvalue weighted by Gasteiger charge is -2.22. The number of carboxylic acid groups (broad SMARTS) is 2. The number of carbonyl (C=O) groups is 6. The Balaban J connectivity index is 4.67. The molecule has 12 heteroatoms. The molecule has 0 fully saturated rings. The molecule has 0 aromatic carbocycles. The average Bonchev–Trinajstić information content (AvgIpc) is 3.05. The summed E-state index contributed by atoms with van der Waals surface area (Å²) in [5.41, 5.74) is 0. The Morgan fingerprint density at radius 1 is 0.500 bits per heavy atom. The molecule has 0 radical (unpaired) electrons. The largest absolute Gasteiger partial charge is 0.481 e. The van der Waals surface area contributed by atoms with Crippen molar-refractivity contribution in [2.24, 2.45) is 23.7 Å². The predicted octanol–water partition coefficient (Wildman–Crippen LogP) is 6.89. The molecular formula is C36H62O12. The van der Waals surface area contributed by atoms with Gasteiger partial charge in [-0.1, -0.05) is 66.2 Å². The molecule has 0 aliphatic rings. The van der Waals surface area contributed by atoms with Gasteiger partial charge in [-0.25, -0.2) is 0 Å². The van der Waals surface area contributed by atoms with Crippen molar-refractivity contribution in [1.82, 2.24) is 0 Å². The molecule has 2 N–H and O–H groups in total. The Morgan fingerprint density at radius 3 is 1.19 bits per heavy atom. The molecule has 0 heterocycles. The van der Waals surface area contributed by atoms with E-state index in [0.29, 0.717) is 63.6 Å². The first-order valence-corrected chi connectivity index (χ1v) is 18.1. The summed E-state index contributed by atoms with van der Waals surface area (Å²) < 4.78 is 21.2. The third-order valence-corrected chi connectivity index (χ3v) is 8.47. The molecular weight excluding hydrogens is 624 g/mol. The van der Waals surface area contributed by atoms with Gasteiger partial charge in [-0.05, 0) is 63.2 Å². The Bertz CT molecular complexity index is 860. The molecule has 48 heavy (non-hydrogen) atoms. The van der Waals surface area contributed by atoms with Gasteiger partial charge in [-0.15, -0.1) is 0 Å². The minimum atomic E-state index is -1.54. The number of aliphatic carboxylic acids is 2. The summed E-state index contributed by atoms with van der Waals surface area (Å²) in [6, 6.07) is 0. The molecule has 0 spiro atoms. The van der Waals surface area contributed by atoms with E-state index < -0.39 is 48.6 Å². The van der Waals surface area contributed by atoms with E-state index in [1.807, 2.05) is 0 Å². The van der Waals surface area contributed by atoms with E-state index in [9.17, 15) is 39.0 Å². The second-order valence-electron chi connectivity index (χ2n) is 12.6. The SMILES string of the molecule is CCCCC(CC)COC(=O)CCCCCOC(=O)C(CC(=O)O)C(CC(=O)O)C(=O)OCCCCCC(=O)OCC(CC)CCCC. The molecule has 0 saturated carbocycles. The van der Waals surface area contributed by atoms with Crippen molar-refractivity contribution < 1.29 is 57.9 Å². The van der Waals surface area contributed by atoms with Crippen LogP contribution in [0, 0.1) is 23.7 Å². The lowest BCUT2D eigenvalue weighted by atomic mass is 9.86. The van der Waals surface area contributed by atoms with Gasteiger partial charge in [0.05, 0.1) is 51.1 Å². The summed E-state index contributed by atoms with van der Waals surface area (Å²) in [7, 11) is 0. The van der Waals surface area contributed by atoms with Crippen molar-refractivity contribution in [2.75, 3.05) is 26.4 Å². The van der Waals surface area contributed by atoms with E-state index in [4.69, 9.17) is 18.9 Å². The van der Waals surface area contributed by atoms with Crippen LogP contribution in [-0.4, -0.2) is 72.5 Å². The van der Waals surface area contributed by atoms with E-state index >= 15 is 0 Å². The first-order valence-electron chi connectivity index (χ1n) is 18.1. The quantitative estimate of drug-likeness (QED) is 0.0438. The zero-order valence-electron chi connectivity index (χ0n) is 29.8. The van der Waals surface area contributed by atoms with Crippen LogP contribution in [0.1, 0.15) is 143 Å². The van der Waals surface area contributed by atoms with Crippen LogP contribution >= 0.6 is 0 Å². The highest BCUT2D eigenvalue weighted by Crippen LogP contribution is 2.24. The second-order valence-corrected chi connectivity index (χ2v) is 12.6. The van der Waals surface area contributed by atoms with Gasteiger partial charge in [0.25, 0.3) is 0 Å². The Hall–Kier alpha value is -3.18. The Kier molecular flexibility index (Phi) is 26.9. The maximum absolute atomic E-state index is 12.8. The zero-order valence-corrected chi connectivity index (χ0v) is 29.8. The molecule has 0 rings (SSSR count). The lowest BCUT2D eigenvalue weighted by Crippen LogP contribution is -2.36. The molecule has 0 aromatic rings. The lowest BCUT2D eigenvalue weighted by molar-refractivity contribution is -0.166. The monoisotopic (exact) mass is 686 g/mol. The maximum atomic E-state index is 12.8. The van der Waals surface area contributed by atoms with Crippen LogP contribution < -0.4 is 0 Å². The fourth-order valence-corrected chi connectivity index (χ4v) is 5.17. The first kappa shape index (κ1) is 44.8. The standard InChI is InChI=1S/C36H62O12/c1-5-9-17-27(7-3)25-47-33(41)19-13-11-15-21-45-35(43)29(23-31(37)38)30(24-32(39)40)36(44)46-22-16-12-14-20-34(42)48-26-28(8-4)18-10-6-2/h27-30H,5-26H2,1-4H3,(H,37,38)(H,39,40). The van der Waals surface area contributed by atoms with Gasteiger partial charge in [-0.3, -0.25) is 28.8 Å². The Morgan fingerprint density at radius 2 is 0.875 bits per heavy atom. The zero-order chi connectivity index (χ0) is 36.2. The van der Waals surface area contributed by atoms with Gasteiger partial charge < -0.3 is 29.2 Å². The number of rotatable bonds is 31. The van der Waals surface area contributed by atoms with Gasteiger partial charge in [0, 0.05) is 12.8 Å². The van der Waals surface area contributed by atoms with Crippen LogP contribution in [0.4, 0.5) is 0 Å². The molecule has 4 unspecified atom stereocenters. The third-order valence-electron chi connectivity index (χ3n) is 8.47. The summed E-state index contributed by atoms with van der Waals surface area (Å²) in [6.07, 6.45) is 10.1. The highest BCUT2D eigenvalue weighted by atomic mass is 16.5. The molecule has 0 aliphatic heterocycles. The van der Waals surface area contributed by atoms with Gasteiger partial charge in [0.15, 0.2) is 0 Å². The molecule has 278 valence electrons. The second kappa shape index (κ2) is 28.8. The van der Waals surface area contributed by atoms with Crippen LogP contribution in [0.15, 0.2) is 0 Å². The van der Waals surface area contributed by atoms with Gasteiger partial charge in [-0.2, -0.15) is 0 Å². The molecule has 0 amide bonds. The van der Waals surface area contributed by atoms with E-state index in [1.54, 1.807) is 0 Å². The van der Waals surface area contributed by atoms with E-state index in [0.717, 1.165) is 51.4 Å². The van der Waals surface area contributed by atoms with Crippen LogP contribution in [0.25, 0.3) is 0 Å². The molecule has 0 aromatic heterocycles. The summed E-state index contributed by atoms with van der Waals surface area (Å²) in [4.78, 5) is 72.8. The smallest absolute Gasteiger partial charge is 0.310 e. The summed E-state index contributed by atoms with van der Waals surface area (Å²) in [5.74, 6) is -7.68. The van der Waals surface area contributed by atoms with Crippen molar-refractivity contribution in [3.63, 3.8) is 0 Å². The van der Waals surface area contributed by atoms with Crippen LogP contribution in [0.5, 0.6) is 0 Å². The first-order chi connectivity index (χ1) is 23.0. The third kappa shape index (κ3) is 23.2. The Labute approximate surface area is 287 Å². The molecule has 0 aliphatic carbocycles. The van der Waals surface area contributed by atoms with Crippen LogP contribution in [0.2, 0.25) is 0 Å². The average molecular weight is 687 g/mol. The van der Waals surface area contributed by atoms with E-state index in [-0.39, 0.29) is 38.0 Å². The van der Waals surface area contributed by atoms with Crippen molar-refractivity contribution >= 4 is 35.8 Å². The number of hydrogen-bond acceptors (Lipinski definition) is 10. The normalized spacial score (nSPS) is 13.5. The number of unbranched alkanes of at least 4 members (excludes halogenated alkanes) is 6. The van der Waals surface area contributed by atoms with E-state index in [2.05, 4.69) is 27.7 Å². The number of ether oxygens (including phenoxy) is 4. The summed E-state index contributed by atoms with van der Waals surface area (Å²) in [6.45, 7) is 9.06.